The molecule has 5 heteroatoms. The average Bonchev–Trinajstić information content (AvgIpc) is 3.47. The monoisotopic (exact) mass is 670 g/mol. The van der Waals surface area contributed by atoms with E-state index >= 15 is 0 Å². The molecular formula is C33H54Cl2SSiZr. The molecule has 1 heterocycles. The Bertz CT molecular complexity index is 911. The van der Waals surface area contributed by atoms with E-state index in [1.165, 1.54) is 31.2 Å². The molecule has 10 atom stereocenters. The topological polar surface area (TPSA) is 0 Å². The van der Waals surface area contributed by atoms with Crippen molar-refractivity contribution in [1.82, 2.24) is 0 Å². The van der Waals surface area contributed by atoms with Crippen molar-refractivity contribution in [3.63, 3.8) is 0 Å². The maximum absolute atomic E-state index is 4.93. The van der Waals surface area contributed by atoms with Crippen molar-refractivity contribution in [2.24, 2.45) is 35.5 Å². The molecule has 0 aromatic heterocycles. The van der Waals surface area contributed by atoms with Crippen LogP contribution in [0, 0.1) is 50.4 Å². The predicted molar refractivity (Wildman–Crippen MR) is 174 cm³/mol. The van der Waals surface area contributed by atoms with Crippen LogP contribution >= 0.6 is 28.8 Å². The Hall–Kier alpha value is 0.990. The van der Waals surface area contributed by atoms with Crippen LogP contribution in [-0.2, 0) is 26.3 Å². The molecule has 0 amide bonds. The van der Waals surface area contributed by atoms with Gasteiger partial charge in [-0.3, -0.25) is 0 Å². The number of rotatable bonds is 3. The van der Waals surface area contributed by atoms with Crippen molar-refractivity contribution in [2.75, 3.05) is 0 Å². The van der Waals surface area contributed by atoms with Crippen LogP contribution in [0.3, 0.4) is 0 Å². The molecule has 38 heavy (non-hydrogen) atoms. The normalized spacial score (nSPS) is 37.6. The van der Waals surface area contributed by atoms with Gasteiger partial charge < -0.3 is 14.9 Å². The number of hydrogen-bond donors (Lipinski definition) is 0. The minimum absolute atomic E-state index is 0. The van der Waals surface area contributed by atoms with Crippen LogP contribution < -0.4 is 0 Å². The maximum atomic E-state index is 4.93. The van der Waals surface area contributed by atoms with Gasteiger partial charge in [0.2, 0.25) is 0 Å². The van der Waals surface area contributed by atoms with Gasteiger partial charge in [-0.25, -0.2) is 0 Å². The average molecular weight is 673 g/mol. The van der Waals surface area contributed by atoms with Crippen LogP contribution in [0.4, 0.5) is 0 Å². The standard InChI is InChI=1S/C31H48SSi.2CH3.2ClH.Zr/c1-19-18-27-25(22-12-14-23(15-13-22)31(4,5)6)10-9-11-26(27)29(19)33(7,8)30-21(3)20(2)24-16-17-32-28(24)30;;;;;/h12-17,19-21,24-30H,9-11,18H2,1-8H3;2*1H3;2*1H;/q;2*-1;;;+4/p-2. The van der Waals surface area contributed by atoms with Crippen LogP contribution in [0.5, 0.6) is 0 Å². The summed E-state index contributed by atoms with van der Waals surface area (Å²) in [5.74, 6) is 6.21. The van der Waals surface area contributed by atoms with Crippen LogP contribution in [0.25, 0.3) is 0 Å². The van der Waals surface area contributed by atoms with Crippen molar-refractivity contribution >= 4 is 36.9 Å². The fourth-order valence-corrected chi connectivity index (χ4v) is 18.5. The Balaban J connectivity index is 0.000000969. The number of hydrogen-bond acceptors (Lipinski definition) is 1. The molecule has 1 aromatic rings. The zero-order valence-corrected chi connectivity index (χ0v) is 31.5. The summed E-state index contributed by atoms with van der Waals surface area (Å²) in [4.78, 5) is 0. The molecule has 0 saturated heterocycles. The summed E-state index contributed by atoms with van der Waals surface area (Å²) in [6, 6.07) is 9.86. The van der Waals surface area contributed by atoms with Crippen molar-refractivity contribution in [1.29, 1.82) is 0 Å². The second-order valence-corrected chi connectivity index (χ2v) is 23.9. The molecule has 0 N–H and O–H groups in total. The van der Waals surface area contributed by atoms with E-state index in [9.17, 15) is 0 Å². The molecule has 1 aliphatic heterocycles. The van der Waals surface area contributed by atoms with Crippen molar-refractivity contribution < 1.29 is 20.8 Å². The molecule has 3 aliphatic carbocycles. The van der Waals surface area contributed by atoms with Gasteiger partial charge in [0.15, 0.2) is 0 Å². The molecule has 3 saturated carbocycles. The number of allylic oxidation sites excluding steroid dienone is 1. The first-order valence-electron chi connectivity index (χ1n) is 14.3. The van der Waals surface area contributed by atoms with E-state index in [0.717, 1.165) is 57.8 Å². The van der Waals surface area contributed by atoms with Gasteiger partial charge in [-0.15, -0.1) is 11.8 Å². The zero-order valence-electron chi connectivity index (χ0n) is 25.7. The molecule has 0 spiro atoms. The fourth-order valence-electron chi connectivity index (χ4n) is 9.54. The Morgan fingerprint density at radius 1 is 0.895 bits per heavy atom. The second-order valence-electron chi connectivity index (χ2n) is 14.1. The van der Waals surface area contributed by atoms with Gasteiger partial charge in [0.1, 0.15) is 0 Å². The van der Waals surface area contributed by atoms with E-state index in [-0.39, 0.29) is 20.3 Å². The first-order valence-corrected chi connectivity index (χ1v) is 24.7. The van der Waals surface area contributed by atoms with Gasteiger partial charge in [-0.1, -0.05) is 97.8 Å². The van der Waals surface area contributed by atoms with Gasteiger partial charge in [-0.2, -0.15) is 0 Å². The number of halogens is 2. The van der Waals surface area contributed by atoms with Crippen LogP contribution in [0.2, 0.25) is 24.2 Å². The summed E-state index contributed by atoms with van der Waals surface area (Å²) >= 11 is 1.37. The molecule has 10 unspecified atom stereocenters. The van der Waals surface area contributed by atoms with Gasteiger partial charge in [-0.05, 0) is 87.3 Å². The SMILES string of the molecule is CC1CC2C(c3ccc(C(C)(C)C)cc3)CCCC2C1[Si](C)(C)C1C(C)C(C)C2C=CSC21.[CH3-].[CH3-].[Cl][Zr+2][Cl]. The van der Waals surface area contributed by atoms with Crippen LogP contribution in [-0.4, -0.2) is 13.3 Å². The van der Waals surface area contributed by atoms with E-state index in [2.05, 4.69) is 102 Å². The van der Waals surface area contributed by atoms with E-state index in [0.29, 0.717) is 0 Å². The van der Waals surface area contributed by atoms with Crippen LogP contribution in [0.15, 0.2) is 35.7 Å². The summed E-state index contributed by atoms with van der Waals surface area (Å²) in [5, 5.41) is 3.33. The second kappa shape index (κ2) is 14.0. The molecule has 1 aromatic carbocycles. The Labute approximate surface area is 260 Å². The van der Waals surface area contributed by atoms with E-state index in [1.807, 2.05) is 0 Å². The van der Waals surface area contributed by atoms with E-state index < -0.39 is 28.9 Å². The first kappa shape index (κ1) is 35.2. The molecule has 0 bridgehead atoms. The Morgan fingerprint density at radius 2 is 1.50 bits per heavy atom. The fraction of sp³-hybridized carbons (Fsp3) is 0.697. The third kappa shape index (κ3) is 6.63. The molecule has 3 fully saturated rings. The Kier molecular flexibility index (Phi) is 12.9. The number of fused-ring (bicyclic) bond motifs is 2. The number of benzene rings is 1. The third-order valence-electron chi connectivity index (χ3n) is 11.0. The summed E-state index contributed by atoms with van der Waals surface area (Å²) in [6.07, 6.45) is 8.41. The van der Waals surface area contributed by atoms with Crippen LogP contribution in [0.1, 0.15) is 84.3 Å². The predicted octanol–water partition coefficient (Wildman–Crippen LogP) is 11.8. The zero-order chi connectivity index (χ0) is 26.4. The van der Waals surface area contributed by atoms with Crippen molar-refractivity contribution in [3.8, 4) is 0 Å². The Morgan fingerprint density at radius 3 is 2.08 bits per heavy atom. The molecule has 4 aliphatic rings. The summed E-state index contributed by atoms with van der Waals surface area (Å²) in [6.45, 7) is 20.5. The summed E-state index contributed by atoms with van der Waals surface area (Å²) < 4.78 is 0. The molecule has 0 radical (unpaired) electrons. The molecular weight excluding hydrogens is 619 g/mol. The summed E-state index contributed by atoms with van der Waals surface area (Å²) in [7, 11) is 8.44. The van der Waals surface area contributed by atoms with Gasteiger partial charge >= 0.3 is 37.9 Å². The minimum atomic E-state index is -1.42. The van der Waals surface area contributed by atoms with Gasteiger partial charge in [0.25, 0.3) is 0 Å². The molecule has 5 rings (SSSR count). The quantitative estimate of drug-likeness (QED) is 0.227. The van der Waals surface area contributed by atoms with E-state index in [1.54, 1.807) is 5.56 Å². The molecule has 214 valence electrons. The van der Waals surface area contributed by atoms with Crippen molar-refractivity contribution in [3.05, 3.63) is 61.7 Å². The van der Waals surface area contributed by atoms with Gasteiger partial charge in [0, 0.05) is 5.25 Å². The molecule has 0 nitrogen and oxygen atoms in total. The van der Waals surface area contributed by atoms with Crippen molar-refractivity contribution in [2.45, 2.75) is 108 Å². The van der Waals surface area contributed by atoms with E-state index in [4.69, 9.17) is 17.0 Å². The third-order valence-corrected chi connectivity index (χ3v) is 17.8. The van der Waals surface area contributed by atoms with Gasteiger partial charge in [0.05, 0.1) is 8.07 Å². The summed E-state index contributed by atoms with van der Waals surface area (Å²) in [5.41, 5.74) is 5.36. The number of thioether (sulfide) groups is 1. The first-order chi connectivity index (χ1) is 16.9.